The second-order valence-electron chi connectivity index (χ2n) is 1.80. The molecule has 0 aromatic carbocycles. The van der Waals surface area contributed by atoms with Gasteiger partial charge in [0.05, 0.1) is 19.7 Å². The maximum absolute atomic E-state index is 11.4. The van der Waals surface area contributed by atoms with Gasteiger partial charge in [-0.15, -0.1) is 0 Å². The molecule has 0 aliphatic rings. The van der Waals surface area contributed by atoms with Crippen LogP contribution in [0.25, 0.3) is 0 Å². The lowest BCUT2D eigenvalue weighted by Crippen LogP contribution is -2.03. The summed E-state index contributed by atoms with van der Waals surface area (Å²) in [6, 6.07) is 0. The molecule has 0 fully saturated rings. The zero-order chi connectivity index (χ0) is 7.82. The van der Waals surface area contributed by atoms with Crippen LogP contribution in [0.1, 0.15) is 12.8 Å². The first-order valence-corrected chi connectivity index (χ1v) is 3.13. The Morgan fingerprint density at radius 2 is 2.20 bits per heavy atom. The minimum absolute atomic E-state index is 0.00765. The standard InChI is InChI=1S/C6H11FO3/c7-3-1-4-10-5-2-6(8)9/h1-5H2,(H,8,9). The number of carboxylic acids is 1. The molecule has 0 bridgehead atoms. The van der Waals surface area contributed by atoms with Crippen molar-refractivity contribution in [1.82, 2.24) is 0 Å². The lowest BCUT2D eigenvalue weighted by molar-refractivity contribution is -0.138. The van der Waals surface area contributed by atoms with Gasteiger partial charge in [-0.05, 0) is 6.42 Å². The third-order valence-corrected chi connectivity index (χ3v) is 0.883. The summed E-state index contributed by atoms with van der Waals surface area (Å²) >= 11 is 0. The monoisotopic (exact) mass is 150 g/mol. The van der Waals surface area contributed by atoms with Gasteiger partial charge in [0, 0.05) is 6.61 Å². The van der Waals surface area contributed by atoms with E-state index in [1.807, 2.05) is 0 Å². The minimum Gasteiger partial charge on any atom is -0.481 e. The number of hydrogen-bond donors (Lipinski definition) is 1. The highest BCUT2D eigenvalue weighted by molar-refractivity contribution is 5.66. The summed E-state index contributed by atoms with van der Waals surface area (Å²) in [4.78, 5) is 9.88. The molecule has 0 unspecified atom stereocenters. The summed E-state index contributed by atoms with van der Waals surface area (Å²) in [7, 11) is 0. The fourth-order valence-electron chi connectivity index (χ4n) is 0.418. The highest BCUT2D eigenvalue weighted by Crippen LogP contribution is 1.86. The largest absolute Gasteiger partial charge is 0.481 e. The highest BCUT2D eigenvalue weighted by atomic mass is 19.1. The lowest BCUT2D eigenvalue weighted by atomic mass is 10.4. The zero-order valence-corrected chi connectivity index (χ0v) is 5.68. The first-order valence-electron chi connectivity index (χ1n) is 3.13. The Morgan fingerprint density at radius 3 is 2.70 bits per heavy atom. The number of carbonyl (C=O) groups is 1. The Labute approximate surface area is 58.8 Å². The molecule has 4 heteroatoms. The molecule has 0 heterocycles. The van der Waals surface area contributed by atoms with E-state index < -0.39 is 12.6 Å². The summed E-state index contributed by atoms with van der Waals surface area (Å²) in [6.45, 7) is 0.0756. The molecule has 0 rings (SSSR count). The van der Waals surface area contributed by atoms with E-state index in [9.17, 15) is 9.18 Å². The molecule has 60 valence electrons. The van der Waals surface area contributed by atoms with E-state index in [4.69, 9.17) is 9.84 Å². The number of carboxylic acid groups (broad SMARTS) is 1. The van der Waals surface area contributed by atoms with Crippen LogP contribution in [0.3, 0.4) is 0 Å². The molecule has 0 atom stereocenters. The van der Waals surface area contributed by atoms with E-state index in [2.05, 4.69) is 0 Å². The van der Waals surface area contributed by atoms with Crippen LogP contribution >= 0.6 is 0 Å². The summed E-state index contributed by atoms with van der Waals surface area (Å²) in [5.41, 5.74) is 0. The van der Waals surface area contributed by atoms with Crippen LogP contribution in [0, 0.1) is 0 Å². The van der Waals surface area contributed by atoms with Gasteiger partial charge in [0.2, 0.25) is 0 Å². The van der Waals surface area contributed by atoms with Gasteiger partial charge < -0.3 is 9.84 Å². The van der Waals surface area contributed by atoms with E-state index in [-0.39, 0.29) is 13.0 Å². The van der Waals surface area contributed by atoms with E-state index in [0.717, 1.165) is 0 Å². The molecule has 10 heavy (non-hydrogen) atoms. The molecule has 3 nitrogen and oxygen atoms in total. The predicted molar refractivity (Wildman–Crippen MR) is 33.7 cm³/mol. The number of aliphatic carboxylic acids is 1. The van der Waals surface area contributed by atoms with Crippen molar-refractivity contribution in [2.75, 3.05) is 19.9 Å². The maximum atomic E-state index is 11.4. The molecule has 0 radical (unpaired) electrons. The van der Waals surface area contributed by atoms with Crippen molar-refractivity contribution in [3.05, 3.63) is 0 Å². The second-order valence-corrected chi connectivity index (χ2v) is 1.80. The number of rotatable bonds is 6. The topological polar surface area (TPSA) is 46.5 Å². The van der Waals surface area contributed by atoms with E-state index in [1.54, 1.807) is 0 Å². The molecule has 1 N–H and O–H groups in total. The first-order chi connectivity index (χ1) is 4.77. The molecule has 0 aliphatic heterocycles. The van der Waals surface area contributed by atoms with Crippen LogP contribution in [0.4, 0.5) is 4.39 Å². The maximum Gasteiger partial charge on any atom is 0.305 e. The Balaban J connectivity index is 2.84. The van der Waals surface area contributed by atoms with Crippen molar-refractivity contribution in [1.29, 1.82) is 0 Å². The molecular formula is C6H11FO3. The lowest BCUT2D eigenvalue weighted by Gasteiger charge is -1.97. The number of halogens is 1. The van der Waals surface area contributed by atoms with Crippen LogP contribution in [0.15, 0.2) is 0 Å². The normalized spacial score (nSPS) is 9.70. The van der Waals surface area contributed by atoms with Crippen LogP contribution in [-0.2, 0) is 9.53 Å². The summed E-state index contributed by atoms with van der Waals surface area (Å²) < 4.78 is 16.1. The van der Waals surface area contributed by atoms with Gasteiger partial charge in [-0.25, -0.2) is 0 Å². The molecule has 0 aromatic heterocycles. The fourth-order valence-corrected chi connectivity index (χ4v) is 0.418. The van der Waals surface area contributed by atoms with Crippen LogP contribution < -0.4 is 0 Å². The van der Waals surface area contributed by atoms with Crippen molar-refractivity contribution >= 4 is 5.97 Å². The fraction of sp³-hybridized carbons (Fsp3) is 0.833. The molecular weight excluding hydrogens is 139 g/mol. The van der Waals surface area contributed by atoms with Crippen LogP contribution in [0.2, 0.25) is 0 Å². The molecule has 0 aromatic rings. The summed E-state index contributed by atoms with van der Waals surface area (Å²) in [5, 5.41) is 8.12. The van der Waals surface area contributed by atoms with Gasteiger partial charge in [0.15, 0.2) is 0 Å². The Hall–Kier alpha value is -0.640. The molecule has 0 saturated carbocycles. The van der Waals surface area contributed by atoms with E-state index >= 15 is 0 Å². The van der Waals surface area contributed by atoms with Gasteiger partial charge in [0.1, 0.15) is 0 Å². The smallest absolute Gasteiger partial charge is 0.305 e. The van der Waals surface area contributed by atoms with Gasteiger partial charge in [-0.2, -0.15) is 0 Å². The summed E-state index contributed by atoms with van der Waals surface area (Å²) in [5.74, 6) is -0.889. The Kier molecular flexibility index (Phi) is 6.06. The van der Waals surface area contributed by atoms with Gasteiger partial charge in [0.25, 0.3) is 0 Å². The van der Waals surface area contributed by atoms with Gasteiger partial charge >= 0.3 is 5.97 Å². The van der Waals surface area contributed by atoms with E-state index in [0.29, 0.717) is 13.0 Å². The van der Waals surface area contributed by atoms with Crippen LogP contribution in [0.5, 0.6) is 0 Å². The van der Waals surface area contributed by atoms with Gasteiger partial charge in [-0.1, -0.05) is 0 Å². The highest BCUT2D eigenvalue weighted by Gasteiger charge is 1.94. The minimum atomic E-state index is -0.889. The van der Waals surface area contributed by atoms with Gasteiger partial charge in [-0.3, -0.25) is 9.18 Å². The average Bonchev–Trinajstić information content (AvgIpc) is 1.87. The van der Waals surface area contributed by atoms with Crippen LogP contribution in [-0.4, -0.2) is 31.0 Å². The third-order valence-electron chi connectivity index (χ3n) is 0.883. The molecule has 0 saturated heterocycles. The molecule has 0 aliphatic carbocycles. The van der Waals surface area contributed by atoms with Crippen molar-refractivity contribution in [3.63, 3.8) is 0 Å². The third kappa shape index (κ3) is 7.36. The zero-order valence-electron chi connectivity index (χ0n) is 5.68. The number of ether oxygens (including phenoxy) is 1. The first kappa shape index (κ1) is 9.36. The molecule has 0 amide bonds. The van der Waals surface area contributed by atoms with E-state index in [1.165, 1.54) is 0 Å². The average molecular weight is 150 g/mol. The Morgan fingerprint density at radius 1 is 1.50 bits per heavy atom. The second kappa shape index (κ2) is 6.48. The quantitative estimate of drug-likeness (QED) is 0.570. The SMILES string of the molecule is O=C(O)CCOCCCF. The van der Waals surface area contributed by atoms with Crippen molar-refractivity contribution in [2.45, 2.75) is 12.8 Å². The predicted octanol–water partition coefficient (Wildman–Crippen LogP) is 0.837. The number of hydrogen-bond acceptors (Lipinski definition) is 2. The van der Waals surface area contributed by atoms with Crippen molar-refractivity contribution in [3.8, 4) is 0 Å². The number of alkyl halides is 1. The summed E-state index contributed by atoms with van der Waals surface area (Å²) in [6.07, 6.45) is 0.339. The van der Waals surface area contributed by atoms with Crippen molar-refractivity contribution in [2.24, 2.45) is 0 Å². The molecule has 0 spiro atoms. The van der Waals surface area contributed by atoms with Crippen molar-refractivity contribution < 1.29 is 19.0 Å². The Bertz CT molecular complexity index is 95.0.